The first kappa shape index (κ1) is 12.4. The molecule has 0 aliphatic heterocycles. The van der Waals surface area contributed by atoms with E-state index >= 15 is 0 Å². The second kappa shape index (κ2) is 6.06. The van der Waals surface area contributed by atoms with Gasteiger partial charge in [-0.15, -0.1) is 10.2 Å². The molecule has 1 rings (SSSR count). The highest BCUT2D eigenvalue weighted by atomic mass is 79.9. The maximum absolute atomic E-state index is 12.2. The van der Waals surface area contributed by atoms with Gasteiger partial charge in [-0.05, 0) is 5.21 Å². The van der Waals surface area contributed by atoms with Gasteiger partial charge in [-0.2, -0.15) is 4.80 Å². The molecule has 0 amide bonds. The summed E-state index contributed by atoms with van der Waals surface area (Å²) in [5.41, 5.74) is 0. The molecule has 0 saturated carbocycles. The van der Waals surface area contributed by atoms with E-state index in [-0.39, 0.29) is 6.54 Å². The Morgan fingerprint density at radius 2 is 2.27 bits per heavy atom. The Morgan fingerprint density at radius 1 is 1.53 bits per heavy atom. The van der Waals surface area contributed by atoms with Crippen LogP contribution in [0.5, 0.6) is 0 Å². The average Bonchev–Trinajstić information content (AvgIpc) is 2.50. The van der Waals surface area contributed by atoms with Crippen molar-refractivity contribution in [1.29, 1.82) is 0 Å². The highest BCUT2D eigenvalue weighted by Gasteiger charge is 2.14. The maximum atomic E-state index is 12.2. The van der Waals surface area contributed by atoms with Gasteiger partial charge in [0.05, 0.1) is 20.1 Å². The summed E-state index contributed by atoms with van der Waals surface area (Å²) in [5, 5.41) is 12.0. The maximum Gasteiger partial charge on any atom is 0.251 e. The summed E-state index contributed by atoms with van der Waals surface area (Å²) in [6.45, 7) is 0.552. The second-order valence-corrected chi connectivity index (χ2v) is 3.80. The van der Waals surface area contributed by atoms with Gasteiger partial charge in [0.25, 0.3) is 6.43 Å². The Morgan fingerprint density at radius 3 is 2.73 bits per heavy atom. The van der Waals surface area contributed by atoms with Gasteiger partial charge in [-0.3, -0.25) is 4.90 Å². The van der Waals surface area contributed by atoms with Crippen LogP contribution in [0.25, 0.3) is 0 Å². The molecule has 15 heavy (non-hydrogen) atoms. The van der Waals surface area contributed by atoms with Crippen LogP contribution in [0.1, 0.15) is 5.82 Å². The van der Waals surface area contributed by atoms with Crippen molar-refractivity contribution < 1.29 is 8.78 Å². The SMILES string of the molecule is Cn1nnc(CN(CCBr)CC(F)F)n1. The molecule has 0 radical (unpaired) electrons. The van der Waals surface area contributed by atoms with Gasteiger partial charge in [0.15, 0.2) is 5.82 Å². The van der Waals surface area contributed by atoms with Crippen molar-refractivity contribution in [3.05, 3.63) is 5.82 Å². The van der Waals surface area contributed by atoms with E-state index in [1.165, 1.54) is 4.80 Å². The topological polar surface area (TPSA) is 46.8 Å². The van der Waals surface area contributed by atoms with Gasteiger partial charge >= 0.3 is 0 Å². The molecule has 0 aliphatic rings. The summed E-state index contributed by atoms with van der Waals surface area (Å²) in [5.74, 6) is 0.458. The fourth-order valence-corrected chi connectivity index (χ4v) is 1.64. The van der Waals surface area contributed by atoms with Crippen LogP contribution in [0.3, 0.4) is 0 Å². The van der Waals surface area contributed by atoms with E-state index in [1.54, 1.807) is 11.9 Å². The fraction of sp³-hybridized carbons (Fsp3) is 0.857. The molecule has 0 unspecified atom stereocenters. The third-order valence-electron chi connectivity index (χ3n) is 1.71. The standard InChI is InChI=1S/C7H12BrF2N5/c1-14-12-7(11-13-14)5-15(3-2-8)4-6(9)10/h6H,2-5H2,1H3. The summed E-state index contributed by atoms with van der Waals surface area (Å²) >= 11 is 3.21. The molecule has 0 N–H and O–H groups in total. The lowest BCUT2D eigenvalue weighted by Gasteiger charge is -2.18. The highest BCUT2D eigenvalue weighted by molar-refractivity contribution is 9.09. The Hall–Kier alpha value is -0.630. The minimum atomic E-state index is -2.35. The zero-order valence-corrected chi connectivity index (χ0v) is 9.86. The lowest BCUT2D eigenvalue weighted by Crippen LogP contribution is -2.30. The lowest BCUT2D eigenvalue weighted by atomic mass is 10.4. The van der Waals surface area contributed by atoms with Gasteiger partial charge in [-0.1, -0.05) is 15.9 Å². The van der Waals surface area contributed by atoms with Crippen molar-refractivity contribution >= 4 is 15.9 Å². The van der Waals surface area contributed by atoms with Crippen molar-refractivity contribution in [2.24, 2.45) is 7.05 Å². The number of aromatic nitrogens is 4. The van der Waals surface area contributed by atoms with E-state index in [0.29, 0.717) is 24.2 Å². The minimum Gasteiger partial charge on any atom is -0.289 e. The van der Waals surface area contributed by atoms with E-state index < -0.39 is 6.43 Å². The lowest BCUT2D eigenvalue weighted by molar-refractivity contribution is 0.0869. The van der Waals surface area contributed by atoms with Gasteiger partial charge in [0.2, 0.25) is 0 Å². The van der Waals surface area contributed by atoms with E-state index in [4.69, 9.17) is 0 Å². The van der Waals surface area contributed by atoms with Crippen molar-refractivity contribution in [1.82, 2.24) is 25.1 Å². The molecular formula is C7H12BrF2N5. The molecule has 1 aromatic heterocycles. The molecule has 0 saturated heterocycles. The molecule has 0 aromatic carbocycles. The Balaban J connectivity index is 2.50. The number of tetrazole rings is 1. The van der Waals surface area contributed by atoms with Crippen LogP contribution in [0.4, 0.5) is 8.78 Å². The van der Waals surface area contributed by atoms with Crippen LogP contribution in [0, 0.1) is 0 Å². The summed E-state index contributed by atoms with van der Waals surface area (Å²) in [6, 6.07) is 0. The van der Waals surface area contributed by atoms with E-state index in [0.717, 1.165) is 0 Å². The molecule has 1 heterocycles. The molecule has 8 heteroatoms. The first-order valence-corrected chi connectivity index (χ1v) is 5.53. The number of hydrogen-bond donors (Lipinski definition) is 0. The van der Waals surface area contributed by atoms with Gasteiger partial charge in [0.1, 0.15) is 0 Å². The molecular weight excluding hydrogens is 272 g/mol. The molecule has 0 aliphatic carbocycles. The number of halogens is 3. The smallest absolute Gasteiger partial charge is 0.251 e. The number of rotatable bonds is 6. The van der Waals surface area contributed by atoms with E-state index in [2.05, 4.69) is 31.3 Å². The normalized spacial score (nSPS) is 11.6. The number of nitrogens with zero attached hydrogens (tertiary/aromatic N) is 5. The van der Waals surface area contributed by atoms with Crippen molar-refractivity contribution in [3.8, 4) is 0 Å². The first-order chi connectivity index (χ1) is 7.11. The van der Waals surface area contributed by atoms with Crippen LogP contribution in [0.2, 0.25) is 0 Å². The molecule has 5 nitrogen and oxygen atoms in total. The van der Waals surface area contributed by atoms with Crippen molar-refractivity contribution in [2.75, 3.05) is 18.4 Å². The van der Waals surface area contributed by atoms with Crippen LogP contribution in [-0.2, 0) is 13.6 Å². The van der Waals surface area contributed by atoms with Crippen LogP contribution < -0.4 is 0 Å². The van der Waals surface area contributed by atoms with Crippen LogP contribution in [0.15, 0.2) is 0 Å². The van der Waals surface area contributed by atoms with Gasteiger partial charge < -0.3 is 0 Å². The molecule has 0 fully saturated rings. The quantitative estimate of drug-likeness (QED) is 0.720. The molecule has 0 bridgehead atoms. The molecule has 86 valence electrons. The summed E-state index contributed by atoms with van der Waals surface area (Å²) in [4.78, 5) is 2.89. The predicted molar refractivity (Wildman–Crippen MR) is 53.9 cm³/mol. The largest absolute Gasteiger partial charge is 0.289 e. The molecule has 1 aromatic rings. The Labute approximate surface area is 94.6 Å². The summed E-state index contributed by atoms with van der Waals surface area (Å²) < 4.78 is 24.4. The predicted octanol–water partition coefficient (Wildman–Crippen LogP) is 0.672. The zero-order valence-electron chi connectivity index (χ0n) is 8.28. The van der Waals surface area contributed by atoms with Crippen LogP contribution >= 0.6 is 15.9 Å². The third-order valence-corrected chi connectivity index (χ3v) is 2.07. The van der Waals surface area contributed by atoms with Crippen LogP contribution in [-0.4, -0.2) is 50.0 Å². The first-order valence-electron chi connectivity index (χ1n) is 4.41. The Kier molecular flexibility index (Phi) is 5.03. The van der Waals surface area contributed by atoms with Gasteiger partial charge in [-0.25, -0.2) is 8.78 Å². The van der Waals surface area contributed by atoms with Crippen molar-refractivity contribution in [2.45, 2.75) is 13.0 Å². The van der Waals surface area contributed by atoms with Crippen molar-refractivity contribution in [3.63, 3.8) is 0 Å². The number of hydrogen-bond acceptors (Lipinski definition) is 4. The highest BCUT2D eigenvalue weighted by Crippen LogP contribution is 2.03. The van der Waals surface area contributed by atoms with E-state index in [9.17, 15) is 8.78 Å². The molecule has 0 spiro atoms. The minimum absolute atomic E-state index is 0.274. The summed E-state index contributed by atoms with van der Waals surface area (Å²) in [7, 11) is 1.64. The molecule has 0 atom stereocenters. The Bertz CT molecular complexity index is 293. The fourth-order valence-electron chi connectivity index (χ4n) is 1.14. The number of alkyl halides is 3. The summed E-state index contributed by atoms with van der Waals surface area (Å²) in [6.07, 6.45) is -2.35. The zero-order chi connectivity index (χ0) is 11.3. The third kappa shape index (κ3) is 4.61. The monoisotopic (exact) mass is 283 g/mol. The second-order valence-electron chi connectivity index (χ2n) is 3.01. The van der Waals surface area contributed by atoms with Gasteiger partial charge in [0, 0.05) is 11.9 Å². The number of aryl methyl sites for hydroxylation is 1. The average molecular weight is 284 g/mol. The van der Waals surface area contributed by atoms with E-state index in [1.807, 2.05) is 0 Å².